The SMILES string of the molecule is CCCN(Cc1ccc(Oc2ccccc2)cc1)C(=O)[C@@H]1[C@@H](C(=O)N(CCC)Cc2ccc(Oc3ccccc3)cc2)[C@H](C(=O)O)C[C@@H]1C(=O)O. The molecule has 51 heavy (non-hydrogen) atoms. The molecule has 0 spiro atoms. The van der Waals surface area contributed by atoms with E-state index >= 15 is 0 Å². The maximum absolute atomic E-state index is 14.4. The molecule has 4 aromatic rings. The number of rotatable bonds is 16. The molecular weight excluding hydrogens is 648 g/mol. The first-order chi connectivity index (χ1) is 24.7. The molecule has 5 rings (SSSR count). The van der Waals surface area contributed by atoms with Gasteiger partial charge in [-0.15, -0.1) is 0 Å². The Bertz CT molecular complexity index is 1630. The summed E-state index contributed by atoms with van der Waals surface area (Å²) in [5, 5.41) is 20.6. The van der Waals surface area contributed by atoms with E-state index in [0.29, 0.717) is 48.9 Å². The Balaban J connectivity index is 1.38. The molecule has 0 unspecified atom stereocenters. The largest absolute Gasteiger partial charge is 0.481 e. The monoisotopic (exact) mass is 692 g/mol. The number of amides is 2. The number of para-hydroxylation sites is 2. The lowest BCUT2D eigenvalue weighted by atomic mass is 9.84. The average molecular weight is 693 g/mol. The summed E-state index contributed by atoms with van der Waals surface area (Å²) in [7, 11) is 0. The van der Waals surface area contributed by atoms with Gasteiger partial charge < -0.3 is 29.5 Å². The molecule has 266 valence electrons. The molecule has 2 N–H and O–H groups in total. The van der Waals surface area contributed by atoms with E-state index in [0.717, 1.165) is 11.1 Å². The first-order valence-electron chi connectivity index (χ1n) is 17.3. The number of carbonyl (C=O) groups excluding carboxylic acids is 2. The molecule has 1 saturated carbocycles. The summed E-state index contributed by atoms with van der Waals surface area (Å²) in [5.74, 6) is -6.38. The predicted molar refractivity (Wildman–Crippen MR) is 191 cm³/mol. The third kappa shape index (κ3) is 9.33. The number of nitrogens with zero attached hydrogens (tertiary/aromatic N) is 2. The minimum atomic E-state index is -1.34. The normalized spacial score (nSPS) is 18.1. The lowest BCUT2D eigenvalue weighted by Crippen LogP contribution is -2.48. The van der Waals surface area contributed by atoms with Gasteiger partial charge in [-0.05, 0) is 78.9 Å². The van der Waals surface area contributed by atoms with Crippen molar-refractivity contribution in [2.75, 3.05) is 13.1 Å². The van der Waals surface area contributed by atoms with Crippen molar-refractivity contribution < 1.29 is 38.9 Å². The second-order valence-electron chi connectivity index (χ2n) is 12.8. The van der Waals surface area contributed by atoms with Crippen LogP contribution in [-0.4, -0.2) is 56.9 Å². The Hall–Kier alpha value is -5.64. The van der Waals surface area contributed by atoms with Gasteiger partial charge in [0.1, 0.15) is 23.0 Å². The molecule has 10 nitrogen and oxygen atoms in total. The first-order valence-corrected chi connectivity index (χ1v) is 17.3. The van der Waals surface area contributed by atoms with E-state index in [-0.39, 0.29) is 19.5 Å². The lowest BCUT2D eigenvalue weighted by Gasteiger charge is -2.33. The van der Waals surface area contributed by atoms with Crippen LogP contribution in [0.25, 0.3) is 0 Å². The van der Waals surface area contributed by atoms with E-state index in [4.69, 9.17) is 9.47 Å². The summed E-state index contributed by atoms with van der Waals surface area (Å²) >= 11 is 0. The van der Waals surface area contributed by atoms with Crippen LogP contribution in [0.5, 0.6) is 23.0 Å². The highest BCUT2D eigenvalue weighted by atomic mass is 16.5. The van der Waals surface area contributed by atoms with Gasteiger partial charge in [-0.3, -0.25) is 19.2 Å². The Kier molecular flexibility index (Phi) is 12.5. The Morgan fingerprint density at radius 3 is 1.20 bits per heavy atom. The number of carboxylic acids is 2. The number of hydrogen-bond donors (Lipinski definition) is 2. The molecule has 0 saturated heterocycles. The van der Waals surface area contributed by atoms with E-state index in [9.17, 15) is 29.4 Å². The van der Waals surface area contributed by atoms with Crippen LogP contribution < -0.4 is 9.47 Å². The van der Waals surface area contributed by atoms with E-state index in [1.54, 1.807) is 34.1 Å². The average Bonchev–Trinajstić information content (AvgIpc) is 3.55. The number of benzene rings is 4. The van der Waals surface area contributed by atoms with Gasteiger partial charge in [0.15, 0.2) is 0 Å². The second-order valence-corrected chi connectivity index (χ2v) is 12.8. The van der Waals surface area contributed by atoms with Gasteiger partial charge in [0.05, 0.1) is 23.7 Å². The summed E-state index contributed by atoms with van der Waals surface area (Å²) in [4.78, 5) is 57.2. The maximum atomic E-state index is 14.4. The summed E-state index contributed by atoms with van der Waals surface area (Å²) in [6.07, 6.45) is 0.852. The maximum Gasteiger partial charge on any atom is 0.307 e. The third-order valence-corrected chi connectivity index (χ3v) is 9.13. The highest BCUT2D eigenvalue weighted by molar-refractivity contribution is 5.95. The third-order valence-electron chi connectivity index (χ3n) is 9.13. The van der Waals surface area contributed by atoms with Gasteiger partial charge in [-0.2, -0.15) is 0 Å². The zero-order chi connectivity index (χ0) is 36.3. The molecule has 1 aliphatic carbocycles. The number of carboxylic acid groups (broad SMARTS) is 2. The molecule has 0 aliphatic heterocycles. The Morgan fingerprint density at radius 2 is 0.882 bits per heavy atom. The minimum Gasteiger partial charge on any atom is -0.481 e. The van der Waals surface area contributed by atoms with E-state index in [1.807, 2.05) is 98.8 Å². The zero-order valence-corrected chi connectivity index (χ0v) is 28.9. The van der Waals surface area contributed by atoms with Gasteiger partial charge in [0, 0.05) is 26.2 Å². The lowest BCUT2D eigenvalue weighted by molar-refractivity contribution is -0.156. The highest BCUT2D eigenvalue weighted by Gasteiger charge is 2.57. The van der Waals surface area contributed by atoms with Gasteiger partial charge in [-0.25, -0.2) is 0 Å². The van der Waals surface area contributed by atoms with Gasteiger partial charge in [-0.1, -0.05) is 74.5 Å². The van der Waals surface area contributed by atoms with Crippen molar-refractivity contribution in [1.29, 1.82) is 0 Å². The standard InChI is InChI=1S/C41H44N2O8/c1-3-23-42(26-28-15-19-32(20-16-28)50-30-11-7-5-8-12-30)38(44)36-34(40(46)47)25-35(41(48)49)37(36)39(45)43(24-4-2)27-29-17-21-33(22-18-29)51-31-13-9-6-10-14-31/h5-22,34-37H,3-4,23-27H2,1-2H3,(H,46,47)(H,48,49)/t34-,35+,36-,37-/m0/s1. The number of carbonyl (C=O) groups is 4. The van der Waals surface area contributed by atoms with Crippen LogP contribution in [0.1, 0.15) is 44.2 Å². The van der Waals surface area contributed by atoms with Crippen molar-refractivity contribution in [2.24, 2.45) is 23.7 Å². The predicted octanol–water partition coefficient (Wildman–Crippen LogP) is 7.49. The zero-order valence-electron chi connectivity index (χ0n) is 28.9. The van der Waals surface area contributed by atoms with Crippen LogP contribution in [0.4, 0.5) is 0 Å². The molecule has 2 amide bonds. The van der Waals surface area contributed by atoms with Crippen LogP contribution in [0.2, 0.25) is 0 Å². The van der Waals surface area contributed by atoms with E-state index in [1.165, 1.54) is 0 Å². The Labute approximate surface area is 298 Å². The van der Waals surface area contributed by atoms with Crippen molar-refractivity contribution in [3.05, 3.63) is 120 Å². The molecule has 0 aromatic heterocycles. The molecule has 0 heterocycles. The quantitative estimate of drug-likeness (QED) is 0.123. The minimum absolute atomic E-state index is 0.163. The van der Waals surface area contributed by atoms with Crippen molar-refractivity contribution in [3.63, 3.8) is 0 Å². The van der Waals surface area contributed by atoms with Crippen molar-refractivity contribution in [3.8, 4) is 23.0 Å². The fourth-order valence-corrected chi connectivity index (χ4v) is 6.74. The topological polar surface area (TPSA) is 134 Å². The number of aliphatic carboxylic acids is 2. The van der Waals surface area contributed by atoms with Gasteiger partial charge in [0.2, 0.25) is 11.8 Å². The molecule has 4 atom stereocenters. The van der Waals surface area contributed by atoms with E-state index in [2.05, 4.69) is 0 Å². The number of ether oxygens (including phenoxy) is 2. The van der Waals surface area contributed by atoms with Crippen LogP contribution in [0.15, 0.2) is 109 Å². The van der Waals surface area contributed by atoms with Crippen LogP contribution in [-0.2, 0) is 32.3 Å². The van der Waals surface area contributed by atoms with Gasteiger partial charge >= 0.3 is 11.9 Å². The molecule has 10 heteroatoms. The Morgan fingerprint density at radius 1 is 0.549 bits per heavy atom. The van der Waals surface area contributed by atoms with Crippen molar-refractivity contribution in [2.45, 2.75) is 46.2 Å². The summed E-state index contributed by atoms with van der Waals surface area (Å²) in [6.45, 7) is 4.74. The second kappa shape index (κ2) is 17.3. The highest BCUT2D eigenvalue weighted by Crippen LogP contribution is 2.45. The van der Waals surface area contributed by atoms with E-state index < -0.39 is 47.4 Å². The van der Waals surface area contributed by atoms with Crippen molar-refractivity contribution in [1.82, 2.24) is 9.80 Å². The smallest absolute Gasteiger partial charge is 0.307 e. The van der Waals surface area contributed by atoms with Crippen LogP contribution in [0, 0.1) is 23.7 Å². The van der Waals surface area contributed by atoms with Crippen molar-refractivity contribution >= 4 is 23.8 Å². The molecule has 0 bridgehead atoms. The molecule has 1 fully saturated rings. The fourth-order valence-electron chi connectivity index (χ4n) is 6.74. The summed E-state index contributed by atoms with van der Waals surface area (Å²) in [5.41, 5.74) is 1.57. The molecule has 0 radical (unpaired) electrons. The fraction of sp³-hybridized carbons (Fsp3) is 0.317. The molecule has 1 aliphatic rings. The summed E-state index contributed by atoms with van der Waals surface area (Å²) < 4.78 is 11.8. The summed E-state index contributed by atoms with van der Waals surface area (Å²) in [6, 6.07) is 33.2. The molecule has 4 aromatic carbocycles. The molecular formula is C41H44N2O8. The van der Waals surface area contributed by atoms with Gasteiger partial charge in [0.25, 0.3) is 0 Å². The number of hydrogen-bond acceptors (Lipinski definition) is 6. The van der Waals surface area contributed by atoms with Crippen LogP contribution >= 0.6 is 0 Å². The van der Waals surface area contributed by atoms with Crippen LogP contribution in [0.3, 0.4) is 0 Å². The first kappa shape index (κ1) is 36.6.